The summed E-state index contributed by atoms with van der Waals surface area (Å²) in [7, 11) is 1.74. The average Bonchev–Trinajstić information content (AvgIpc) is 3.04. The van der Waals surface area contributed by atoms with Gasteiger partial charge in [0.05, 0.1) is 6.26 Å². The zero-order valence-electron chi connectivity index (χ0n) is 13.5. The molecule has 0 fully saturated rings. The summed E-state index contributed by atoms with van der Waals surface area (Å²) in [5.74, 6) is 1.53. The summed E-state index contributed by atoms with van der Waals surface area (Å²) in [5.41, 5.74) is 0. The lowest BCUT2D eigenvalue weighted by atomic mass is 10.0. The third-order valence-electron chi connectivity index (χ3n) is 3.38. The number of nitrogens with zero attached hydrogens (tertiary/aromatic N) is 1. The van der Waals surface area contributed by atoms with E-state index in [-0.39, 0.29) is 29.9 Å². The fourth-order valence-electron chi connectivity index (χ4n) is 1.89. The molecular formula is C15H27IN4O2. The number of nitrogens with one attached hydrogen (secondary N) is 3. The van der Waals surface area contributed by atoms with E-state index in [1.165, 1.54) is 6.26 Å². The SMILES string of the molecule is CCC(CC)CNC(=NC)NCCNC(=O)c1ccco1.I. The van der Waals surface area contributed by atoms with E-state index in [4.69, 9.17) is 4.42 Å². The molecule has 0 bridgehead atoms. The van der Waals surface area contributed by atoms with Crippen molar-refractivity contribution >= 4 is 35.8 Å². The molecule has 6 nitrogen and oxygen atoms in total. The third-order valence-corrected chi connectivity index (χ3v) is 3.38. The van der Waals surface area contributed by atoms with Gasteiger partial charge in [-0.15, -0.1) is 24.0 Å². The van der Waals surface area contributed by atoms with Crippen molar-refractivity contribution in [3.63, 3.8) is 0 Å². The first-order valence-electron chi connectivity index (χ1n) is 7.47. The molecule has 0 aliphatic heterocycles. The Labute approximate surface area is 149 Å². The average molecular weight is 422 g/mol. The first kappa shape index (κ1) is 20.8. The van der Waals surface area contributed by atoms with Crippen molar-refractivity contribution in [1.29, 1.82) is 0 Å². The molecule has 1 aromatic rings. The van der Waals surface area contributed by atoms with Gasteiger partial charge in [0, 0.05) is 26.7 Å². The zero-order valence-corrected chi connectivity index (χ0v) is 15.8. The third kappa shape index (κ3) is 7.67. The van der Waals surface area contributed by atoms with Gasteiger partial charge in [0.1, 0.15) is 0 Å². The lowest BCUT2D eigenvalue weighted by molar-refractivity contribution is 0.0926. The van der Waals surface area contributed by atoms with Gasteiger partial charge in [-0.05, 0) is 18.1 Å². The standard InChI is InChI=1S/C15H26N4O2.HI/c1-4-12(5-2)11-19-15(16-3)18-9-8-17-14(20)13-7-6-10-21-13;/h6-7,10,12H,4-5,8-9,11H2,1-3H3,(H,17,20)(H2,16,18,19);1H. The molecule has 3 N–H and O–H groups in total. The van der Waals surface area contributed by atoms with Gasteiger partial charge in [-0.3, -0.25) is 9.79 Å². The maximum atomic E-state index is 11.6. The van der Waals surface area contributed by atoms with Crippen LogP contribution in [0.4, 0.5) is 0 Å². The summed E-state index contributed by atoms with van der Waals surface area (Å²) in [6, 6.07) is 3.33. The van der Waals surface area contributed by atoms with E-state index in [0.29, 0.717) is 24.8 Å². The maximum absolute atomic E-state index is 11.6. The summed E-state index contributed by atoms with van der Waals surface area (Å²) in [6.45, 7) is 6.40. The highest BCUT2D eigenvalue weighted by molar-refractivity contribution is 14.0. The molecule has 1 heterocycles. The van der Waals surface area contributed by atoms with Gasteiger partial charge in [0.25, 0.3) is 5.91 Å². The molecule has 1 amide bonds. The number of guanidine groups is 1. The van der Waals surface area contributed by atoms with Crippen LogP contribution in [0.2, 0.25) is 0 Å². The highest BCUT2D eigenvalue weighted by Crippen LogP contribution is 2.04. The highest BCUT2D eigenvalue weighted by Gasteiger charge is 2.07. The quantitative estimate of drug-likeness (QED) is 0.260. The van der Waals surface area contributed by atoms with E-state index >= 15 is 0 Å². The Kier molecular flexibility index (Phi) is 11.6. The monoisotopic (exact) mass is 422 g/mol. The van der Waals surface area contributed by atoms with Crippen molar-refractivity contribution in [2.75, 3.05) is 26.7 Å². The van der Waals surface area contributed by atoms with Crippen molar-refractivity contribution in [1.82, 2.24) is 16.0 Å². The van der Waals surface area contributed by atoms with Crippen LogP contribution in [-0.4, -0.2) is 38.5 Å². The van der Waals surface area contributed by atoms with Crippen molar-refractivity contribution in [3.8, 4) is 0 Å². The first-order chi connectivity index (χ1) is 10.2. The van der Waals surface area contributed by atoms with Crippen molar-refractivity contribution in [2.45, 2.75) is 26.7 Å². The molecule has 1 rings (SSSR count). The van der Waals surface area contributed by atoms with Gasteiger partial charge in [-0.25, -0.2) is 0 Å². The van der Waals surface area contributed by atoms with Crippen LogP contribution in [0, 0.1) is 5.92 Å². The van der Waals surface area contributed by atoms with Gasteiger partial charge in [-0.2, -0.15) is 0 Å². The smallest absolute Gasteiger partial charge is 0.287 e. The van der Waals surface area contributed by atoms with E-state index in [0.717, 1.165) is 25.3 Å². The molecule has 7 heteroatoms. The summed E-state index contributed by atoms with van der Waals surface area (Å²) >= 11 is 0. The Balaban J connectivity index is 0.00000441. The Morgan fingerprint density at radius 3 is 2.45 bits per heavy atom. The first-order valence-corrected chi connectivity index (χ1v) is 7.47. The topological polar surface area (TPSA) is 78.7 Å². The summed E-state index contributed by atoms with van der Waals surface area (Å²) in [6.07, 6.45) is 3.79. The van der Waals surface area contributed by atoms with Crippen LogP contribution in [-0.2, 0) is 0 Å². The van der Waals surface area contributed by atoms with E-state index in [2.05, 4.69) is 34.8 Å². The largest absolute Gasteiger partial charge is 0.459 e. The number of halogens is 1. The number of carbonyl (C=O) groups excluding carboxylic acids is 1. The molecule has 0 saturated heterocycles. The molecular weight excluding hydrogens is 395 g/mol. The second-order valence-electron chi connectivity index (χ2n) is 4.80. The molecule has 0 aromatic carbocycles. The Bertz CT molecular complexity index is 431. The van der Waals surface area contributed by atoms with Crippen LogP contribution in [0.1, 0.15) is 37.2 Å². The minimum atomic E-state index is -0.207. The summed E-state index contributed by atoms with van der Waals surface area (Å²) in [4.78, 5) is 15.8. The number of carbonyl (C=O) groups is 1. The van der Waals surface area contributed by atoms with Crippen LogP contribution in [0.3, 0.4) is 0 Å². The number of furan rings is 1. The second kappa shape index (κ2) is 12.3. The minimum absolute atomic E-state index is 0. The normalized spacial score (nSPS) is 11.0. The molecule has 0 saturated carbocycles. The Morgan fingerprint density at radius 1 is 1.23 bits per heavy atom. The fraction of sp³-hybridized carbons (Fsp3) is 0.600. The van der Waals surface area contributed by atoms with Crippen LogP contribution < -0.4 is 16.0 Å². The molecule has 1 aromatic heterocycles. The summed E-state index contributed by atoms with van der Waals surface area (Å²) in [5, 5.41) is 9.24. The molecule has 0 spiro atoms. The molecule has 126 valence electrons. The molecule has 0 radical (unpaired) electrons. The van der Waals surface area contributed by atoms with Gasteiger partial charge in [-0.1, -0.05) is 26.7 Å². The molecule has 0 atom stereocenters. The summed E-state index contributed by atoms with van der Waals surface area (Å²) < 4.78 is 5.02. The van der Waals surface area contributed by atoms with Gasteiger partial charge in [0.15, 0.2) is 11.7 Å². The minimum Gasteiger partial charge on any atom is -0.459 e. The van der Waals surface area contributed by atoms with Crippen LogP contribution in [0.5, 0.6) is 0 Å². The number of amides is 1. The van der Waals surface area contributed by atoms with Crippen LogP contribution >= 0.6 is 24.0 Å². The van der Waals surface area contributed by atoms with Crippen molar-refractivity contribution in [2.24, 2.45) is 10.9 Å². The highest BCUT2D eigenvalue weighted by atomic mass is 127. The van der Waals surface area contributed by atoms with Gasteiger partial charge >= 0.3 is 0 Å². The van der Waals surface area contributed by atoms with Crippen LogP contribution in [0.15, 0.2) is 27.8 Å². The van der Waals surface area contributed by atoms with Crippen molar-refractivity contribution < 1.29 is 9.21 Å². The van der Waals surface area contributed by atoms with Gasteiger partial charge in [0.2, 0.25) is 0 Å². The number of hydrogen-bond acceptors (Lipinski definition) is 3. The lowest BCUT2D eigenvalue weighted by Gasteiger charge is -2.16. The second-order valence-corrected chi connectivity index (χ2v) is 4.80. The molecule has 0 unspecified atom stereocenters. The zero-order chi connectivity index (χ0) is 15.5. The van der Waals surface area contributed by atoms with E-state index in [1.54, 1.807) is 19.2 Å². The molecule has 0 aliphatic rings. The molecule has 0 aliphatic carbocycles. The van der Waals surface area contributed by atoms with E-state index < -0.39 is 0 Å². The van der Waals surface area contributed by atoms with E-state index in [1.807, 2.05) is 0 Å². The lowest BCUT2D eigenvalue weighted by Crippen LogP contribution is -2.43. The van der Waals surface area contributed by atoms with E-state index in [9.17, 15) is 4.79 Å². The predicted molar refractivity (Wildman–Crippen MR) is 99.9 cm³/mol. The van der Waals surface area contributed by atoms with Gasteiger partial charge < -0.3 is 20.4 Å². The Hall–Kier alpha value is -1.25. The number of rotatable bonds is 8. The Morgan fingerprint density at radius 2 is 1.91 bits per heavy atom. The number of hydrogen-bond donors (Lipinski definition) is 3. The number of aliphatic imine (C=N–C) groups is 1. The van der Waals surface area contributed by atoms with Crippen LogP contribution in [0.25, 0.3) is 0 Å². The van der Waals surface area contributed by atoms with Crippen molar-refractivity contribution in [3.05, 3.63) is 24.2 Å². The molecule has 22 heavy (non-hydrogen) atoms. The fourth-order valence-corrected chi connectivity index (χ4v) is 1.89. The predicted octanol–water partition coefficient (Wildman–Crippen LogP) is 2.23. The maximum Gasteiger partial charge on any atom is 0.287 e.